The molecular formula is C11H10N6O2. The molecule has 1 aliphatic heterocycles. The van der Waals surface area contributed by atoms with Gasteiger partial charge in [0.15, 0.2) is 0 Å². The Bertz CT molecular complexity index is 659. The van der Waals surface area contributed by atoms with Crippen LogP contribution in [0.2, 0.25) is 0 Å². The third-order valence-corrected chi connectivity index (χ3v) is 2.85. The SMILES string of the molecule is Nc1nccc(N2CNc3cc([N+](=O)[O-])ccc32)n1. The van der Waals surface area contributed by atoms with E-state index in [-0.39, 0.29) is 11.6 Å². The Hall–Kier alpha value is -2.90. The molecule has 0 unspecified atom stereocenters. The van der Waals surface area contributed by atoms with Gasteiger partial charge in [0.1, 0.15) is 5.82 Å². The van der Waals surface area contributed by atoms with Gasteiger partial charge < -0.3 is 16.0 Å². The maximum absolute atomic E-state index is 10.7. The van der Waals surface area contributed by atoms with Gasteiger partial charge in [-0.2, -0.15) is 4.98 Å². The van der Waals surface area contributed by atoms with Crippen molar-refractivity contribution in [1.29, 1.82) is 0 Å². The van der Waals surface area contributed by atoms with Gasteiger partial charge in [0.05, 0.1) is 23.0 Å². The van der Waals surface area contributed by atoms with Crippen LogP contribution in [0, 0.1) is 10.1 Å². The predicted octanol–water partition coefficient (Wildman–Crippen LogP) is 1.49. The average molecular weight is 258 g/mol. The number of fused-ring (bicyclic) bond motifs is 1. The van der Waals surface area contributed by atoms with E-state index in [1.165, 1.54) is 12.1 Å². The van der Waals surface area contributed by atoms with Gasteiger partial charge in [-0.25, -0.2) is 4.98 Å². The van der Waals surface area contributed by atoms with E-state index in [9.17, 15) is 10.1 Å². The summed E-state index contributed by atoms with van der Waals surface area (Å²) in [5, 5.41) is 13.8. The molecule has 3 N–H and O–H groups in total. The molecule has 0 bridgehead atoms. The fourth-order valence-corrected chi connectivity index (χ4v) is 1.98. The quantitative estimate of drug-likeness (QED) is 0.620. The minimum Gasteiger partial charge on any atom is -0.368 e. The van der Waals surface area contributed by atoms with Gasteiger partial charge in [-0.1, -0.05) is 0 Å². The van der Waals surface area contributed by atoms with Crippen molar-refractivity contribution in [3.8, 4) is 0 Å². The second-order valence-corrected chi connectivity index (χ2v) is 3.99. The number of nitro benzene ring substituents is 1. The Morgan fingerprint density at radius 3 is 3.00 bits per heavy atom. The van der Waals surface area contributed by atoms with Crippen LogP contribution in [0.25, 0.3) is 0 Å². The number of hydrogen-bond donors (Lipinski definition) is 2. The van der Waals surface area contributed by atoms with Gasteiger partial charge in [-0.05, 0) is 12.1 Å². The van der Waals surface area contributed by atoms with Crippen molar-refractivity contribution in [3.63, 3.8) is 0 Å². The zero-order valence-electron chi connectivity index (χ0n) is 9.78. The summed E-state index contributed by atoms with van der Waals surface area (Å²) in [6.45, 7) is 0.479. The highest BCUT2D eigenvalue weighted by atomic mass is 16.6. The monoisotopic (exact) mass is 258 g/mol. The third-order valence-electron chi connectivity index (χ3n) is 2.85. The van der Waals surface area contributed by atoms with E-state index in [0.717, 1.165) is 5.69 Å². The number of hydrogen-bond acceptors (Lipinski definition) is 7. The van der Waals surface area contributed by atoms with Crippen LogP contribution in [-0.4, -0.2) is 21.6 Å². The summed E-state index contributed by atoms with van der Waals surface area (Å²) in [7, 11) is 0. The number of anilines is 4. The van der Waals surface area contributed by atoms with Crippen LogP contribution in [0.4, 0.5) is 28.8 Å². The minimum atomic E-state index is -0.423. The first-order chi connectivity index (χ1) is 9.15. The molecule has 3 rings (SSSR count). The molecule has 96 valence electrons. The van der Waals surface area contributed by atoms with E-state index in [4.69, 9.17) is 5.73 Å². The standard InChI is InChI=1S/C11H10N6O2/c12-11-13-4-3-10(15-11)16-6-14-8-5-7(17(18)19)1-2-9(8)16/h1-5,14H,6H2,(H2,12,13,15). The van der Waals surface area contributed by atoms with Gasteiger partial charge in [-0.3, -0.25) is 10.1 Å². The molecule has 2 heterocycles. The largest absolute Gasteiger partial charge is 0.368 e. The van der Waals surface area contributed by atoms with Crippen LogP contribution in [0.3, 0.4) is 0 Å². The summed E-state index contributed by atoms with van der Waals surface area (Å²) in [6, 6.07) is 6.38. The number of nitrogen functional groups attached to an aromatic ring is 1. The lowest BCUT2D eigenvalue weighted by Gasteiger charge is -2.16. The summed E-state index contributed by atoms with van der Waals surface area (Å²) < 4.78 is 0. The molecule has 0 amide bonds. The third kappa shape index (κ3) is 1.88. The molecule has 0 saturated heterocycles. The van der Waals surface area contributed by atoms with E-state index >= 15 is 0 Å². The molecule has 8 nitrogen and oxygen atoms in total. The van der Waals surface area contributed by atoms with E-state index in [1.807, 2.05) is 4.90 Å². The first-order valence-electron chi connectivity index (χ1n) is 5.53. The molecule has 0 aliphatic carbocycles. The zero-order valence-corrected chi connectivity index (χ0v) is 9.78. The predicted molar refractivity (Wildman–Crippen MR) is 70.2 cm³/mol. The van der Waals surface area contributed by atoms with Crippen molar-refractivity contribution < 1.29 is 4.92 Å². The highest BCUT2D eigenvalue weighted by molar-refractivity contribution is 5.81. The average Bonchev–Trinajstić information content (AvgIpc) is 2.81. The number of aromatic nitrogens is 2. The molecule has 0 radical (unpaired) electrons. The Balaban J connectivity index is 2.01. The number of benzene rings is 1. The van der Waals surface area contributed by atoms with Gasteiger partial charge >= 0.3 is 0 Å². The van der Waals surface area contributed by atoms with Crippen molar-refractivity contribution in [1.82, 2.24) is 9.97 Å². The molecule has 19 heavy (non-hydrogen) atoms. The molecular weight excluding hydrogens is 248 g/mol. The molecule has 0 spiro atoms. The molecule has 1 aliphatic rings. The van der Waals surface area contributed by atoms with Gasteiger partial charge in [0.2, 0.25) is 5.95 Å². The topological polar surface area (TPSA) is 110 Å². The first kappa shape index (κ1) is 11.2. The van der Waals surface area contributed by atoms with Gasteiger partial charge in [-0.15, -0.1) is 0 Å². The van der Waals surface area contributed by atoms with Crippen LogP contribution in [0.1, 0.15) is 0 Å². The number of nitrogens with two attached hydrogens (primary N) is 1. The number of nitrogens with one attached hydrogen (secondary N) is 1. The summed E-state index contributed by atoms with van der Waals surface area (Å²) in [6.07, 6.45) is 1.57. The van der Waals surface area contributed by atoms with E-state index in [2.05, 4.69) is 15.3 Å². The molecule has 0 saturated carbocycles. The number of non-ortho nitro benzene ring substituents is 1. The van der Waals surface area contributed by atoms with Crippen LogP contribution < -0.4 is 16.0 Å². The Kier molecular flexibility index (Phi) is 2.41. The van der Waals surface area contributed by atoms with Crippen LogP contribution >= 0.6 is 0 Å². The van der Waals surface area contributed by atoms with E-state index in [0.29, 0.717) is 18.2 Å². The van der Waals surface area contributed by atoms with Crippen LogP contribution in [0.15, 0.2) is 30.5 Å². The smallest absolute Gasteiger partial charge is 0.271 e. The second kappa shape index (κ2) is 4.09. The fraction of sp³-hybridized carbons (Fsp3) is 0.0909. The lowest BCUT2D eigenvalue weighted by atomic mass is 10.2. The van der Waals surface area contributed by atoms with Crippen LogP contribution in [-0.2, 0) is 0 Å². The fourth-order valence-electron chi connectivity index (χ4n) is 1.98. The summed E-state index contributed by atoms with van der Waals surface area (Å²) >= 11 is 0. The highest BCUT2D eigenvalue weighted by Crippen LogP contribution is 2.37. The van der Waals surface area contributed by atoms with Crippen molar-refractivity contribution in [2.45, 2.75) is 0 Å². The molecule has 2 aromatic rings. The van der Waals surface area contributed by atoms with Crippen molar-refractivity contribution >= 4 is 28.8 Å². The second-order valence-electron chi connectivity index (χ2n) is 3.99. The molecule has 1 aromatic carbocycles. The molecule has 8 heteroatoms. The lowest BCUT2D eigenvalue weighted by molar-refractivity contribution is -0.384. The first-order valence-corrected chi connectivity index (χ1v) is 5.53. The van der Waals surface area contributed by atoms with Crippen molar-refractivity contribution in [2.75, 3.05) is 22.6 Å². The Morgan fingerprint density at radius 2 is 2.26 bits per heavy atom. The maximum Gasteiger partial charge on any atom is 0.271 e. The van der Waals surface area contributed by atoms with Crippen LogP contribution in [0.5, 0.6) is 0 Å². The normalized spacial score (nSPS) is 12.9. The van der Waals surface area contributed by atoms with E-state index < -0.39 is 4.92 Å². The minimum absolute atomic E-state index is 0.0512. The maximum atomic E-state index is 10.7. The summed E-state index contributed by atoms with van der Waals surface area (Å²) in [5.74, 6) is 0.834. The summed E-state index contributed by atoms with van der Waals surface area (Å²) in [4.78, 5) is 20.1. The summed E-state index contributed by atoms with van der Waals surface area (Å²) in [5.41, 5.74) is 7.13. The zero-order chi connectivity index (χ0) is 13.4. The van der Waals surface area contributed by atoms with Gasteiger partial charge in [0, 0.05) is 18.3 Å². The molecule has 0 fully saturated rings. The number of nitrogens with zero attached hydrogens (tertiary/aromatic N) is 4. The van der Waals surface area contributed by atoms with Crippen molar-refractivity contribution in [3.05, 3.63) is 40.6 Å². The number of rotatable bonds is 2. The Morgan fingerprint density at radius 1 is 1.42 bits per heavy atom. The Labute approximate surface area is 108 Å². The molecule has 0 atom stereocenters. The molecule has 1 aromatic heterocycles. The van der Waals surface area contributed by atoms with E-state index in [1.54, 1.807) is 18.3 Å². The highest BCUT2D eigenvalue weighted by Gasteiger charge is 2.23. The number of nitro groups is 1. The lowest BCUT2D eigenvalue weighted by Crippen LogP contribution is -2.18. The van der Waals surface area contributed by atoms with Crippen molar-refractivity contribution in [2.24, 2.45) is 0 Å². The van der Waals surface area contributed by atoms with Gasteiger partial charge in [0.25, 0.3) is 5.69 Å².